The van der Waals surface area contributed by atoms with Gasteiger partial charge >= 0.3 is 0 Å². The van der Waals surface area contributed by atoms with Crippen LogP contribution in [0, 0.1) is 11.3 Å². The van der Waals surface area contributed by atoms with E-state index in [0.29, 0.717) is 5.56 Å². The van der Waals surface area contributed by atoms with E-state index in [-0.39, 0.29) is 0 Å². The van der Waals surface area contributed by atoms with Gasteiger partial charge in [0.2, 0.25) is 0 Å². The van der Waals surface area contributed by atoms with Gasteiger partial charge in [-0.05, 0) is 91.0 Å². The smallest absolute Gasteiger partial charge is 0.0992 e. The summed E-state index contributed by atoms with van der Waals surface area (Å²) in [5, 5.41) is 20.0. The zero-order valence-electron chi connectivity index (χ0n) is 32.3. The van der Waals surface area contributed by atoms with Crippen LogP contribution in [0.5, 0.6) is 0 Å². The second-order valence-electron chi connectivity index (χ2n) is 15.7. The maximum absolute atomic E-state index is 10.4. The summed E-state index contributed by atoms with van der Waals surface area (Å²) in [5.74, 6) is 0. The van der Waals surface area contributed by atoms with Gasteiger partial charge in [0.05, 0.1) is 67.1 Å². The molecule has 0 fully saturated rings. The van der Waals surface area contributed by atoms with Gasteiger partial charge in [0.25, 0.3) is 0 Å². The summed E-state index contributed by atoms with van der Waals surface area (Å²) in [5.41, 5.74) is 13.9. The molecule has 0 N–H and O–H groups in total. The minimum absolute atomic E-state index is 0.607. The molecule has 0 aliphatic carbocycles. The summed E-state index contributed by atoms with van der Waals surface area (Å²) in [7, 11) is 0. The van der Waals surface area contributed by atoms with E-state index < -0.39 is 0 Å². The number of para-hydroxylation sites is 6. The first kappa shape index (κ1) is 32.7. The lowest BCUT2D eigenvalue weighted by Gasteiger charge is -2.17. The SMILES string of the molecule is N#Cc1ccc(-n2c3ccccc3c3cc(-n4c5ccccc5c5ccccc54)ccc32)c(-n2c3ccccc3c3cc(-n4c5ccccc5c5ccccc54)ccc32)c1. The largest absolute Gasteiger partial charge is 0.309 e. The molecule has 0 bridgehead atoms. The molecule has 60 heavy (non-hydrogen) atoms. The zero-order valence-corrected chi connectivity index (χ0v) is 32.3. The number of benzene rings is 9. The Balaban J connectivity index is 1.07. The fourth-order valence-corrected chi connectivity index (χ4v) is 10.1. The molecule has 0 unspecified atom stereocenters. The van der Waals surface area contributed by atoms with Gasteiger partial charge in [0.15, 0.2) is 0 Å². The Labute approximate surface area is 344 Å². The van der Waals surface area contributed by atoms with E-state index in [0.717, 1.165) is 55.6 Å². The minimum Gasteiger partial charge on any atom is -0.309 e. The van der Waals surface area contributed by atoms with E-state index in [1.165, 1.54) is 54.4 Å². The molecule has 278 valence electrons. The number of rotatable bonds is 4. The maximum Gasteiger partial charge on any atom is 0.0992 e. The second kappa shape index (κ2) is 12.3. The molecule has 4 aromatic heterocycles. The lowest BCUT2D eigenvalue weighted by molar-refractivity contribution is 1.09. The molecule has 9 aromatic carbocycles. The predicted octanol–water partition coefficient (Wildman–Crippen LogP) is 13.9. The summed E-state index contributed by atoms with van der Waals surface area (Å²) in [6.45, 7) is 0. The molecule has 0 saturated carbocycles. The van der Waals surface area contributed by atoms with Crippen LogP contribution < -0.4 is 0 Å². The van der Waals surface area contributed by atoms with Gasteiger partial charge in [0.1, 0.15) is 0 Å². The highest BCUT2D eigenvalue weighted by atomic mass is 15.1. The van der Waals surface area contributed by atoms with Crippen molar-refractivity contribution < 1.29 is 0 Å². The van der Waals surface area contributed by atoms with E-state index in [1.807, 2.05) is 6.07 Å². The van der Waals surface area contributed by atoms with Crippen LogP contribution in [0.1, 0.15) is 5.56 Å². The van der Waals surface area contributed by atoms with Crippen LogP contribution in [-0.4, -0.2) is 18.3 Å². The first-order chi connectivity index (χ1) is 29.7. The monoisotopic (exact) mass is 763 g/mol. The molecule has 0 saturated heterocycles. The third-order valence-corrected chi connectivity index (χ3v) is 12.6. The van der Waals surface area contributed by atoms with Gasteiger partial charge in [-0.2, -0.15) is 5.26 Å². The van der Waals surface area contributed by atoms with E-state index >= 15 is 0 Å². The van der Waals surface area contributed by atoms with Crippen LogP contribution in [0.3, 0.4) is 0 Å². The number of hydrogen-bond donors (Lipinski definition) is 0. The number of nitriles is 1. The quantitative estimate of drug-likeness (QED) is 0.176. The van der Waals surface area contributed by atoms with Crippen LogP contribution in [0.4, 0.5) is 0 Å². The maximum atomic E-state index is 10.4. The van der Waals surface area contributed by atoms with Gasteiger partial charge in [0, 0.05) is 54.5 Å². The molecule has 0 aliphatic rings. The number of hydrogen-bond acceptors (Lipinski definition) is 1. The van der Waals surface area contributed by atoms with Crippen LogP contribution >= 0.6 is 0 Å². The van der Waals surface area contributed by atoms with Crippen LogP contribution in [0.2, 0.25) is 0 Å². The van der Waals surface area contributed by atoms with Crippen molar-refractivity contribution in [3.8, 4) is 28.8 Å². The van der Waals surface area contributed by atoms with Gasteiger partial charge in [-0.25, -0.2) is 0 Å². The van der Waals surface area contributed by atoms with Crippen molar-refractivity contribution in [2.75, 3.05) is 0 Å². The number of aromatic nitrogens is 4. The summed E-state index contributed by atoms with van der Waals surface area (Å²) in [6.07, 6.45) is 0. The standard InChI is InChI=1S/C55H33N5/c56-34-35-25-28-54(59-50-23-11-5-17-42(50)44-32-36(26-29-52(44)59)57-46-19-7-1-13-38(46)39-14-2-8-20-47(39)57)55(31-35)60-51-24-12-6-18-43(51)45-33-37(27-30-53(45)60)58-48-21-9-3-15-40(48)41-16-4-10-22-49(41)58/h1-33H. The molecule has 5 nitrogen and oxygen atoms in total. The van der Waals surface area contributed by atoms with Gasteiger partial charge in [-0.15, -0.1) is 0 Å². The lowest BCUT2D eigenvalue weighted by Crippen LogP contribution is -2.04. The molecule has 0 radical (unpaired) electrons. The fraction of sp³-hybridized carbons (Fsp3) is 0. The zero-order chi connectivity index (χ0) is 39.5. The van der Waals surface area contributed by atoms with Crippen molar-refractivity contribution in [3.63, 3.8) is 0 Å². The Bertz CT molecular complexity index is 3870. The van der Waals surface area contributed by atoms with Gasteiger partial charge in [-0.1, -0.05) is 109 Å². The van der Waals surface area contributed by atoms with Crippen molar-refractivity contribution in [2.45, 2.75) is 0 Å². The molecule has 13 aromatic rings. The summed E-state index contributed by atoms with van der Waals surface area (Å²) in [4.78, 5) is 0. The van der Waals surface area contributed by atoms with Crippen molar-refractivity contribution >= 4 is 87.2 Å². The number of fused-ring (bicyclic) bond motifs is 12. The molecular weight excluding hydrogens is 731 g/mol. The average molecular weight is 764 g/mol. The third-order valence-electron chi connectivity index (χ3n) is 12.6. The van der Waals surface area contributed by atoms with E-state index in [2.05, 4.69) is 218 Å². The highest BCUT2D eigenvalue weighted by Crippen LogP contribution is 2.41. The highest BCUT2D eigenvalue weighted by molar-refractivity contribution is 6.14. The van der Waals surface area contributed by atoms with Crippen LogP contribution in [-0.2, 0) is 0 Å². The first-order valence-corrected chi connectivity index (χ1v) is 20.3. The average Bonchev–Trinajstić information content (AvgIpc) is 4.03. The first-order valence-electron chi connectivity index (χ1n) is 20.3. The summed E-state index contributed by atoms with van der Waals surface area (Å²) in [6, 6.07) is 74.2. The van der Waals surface area contributed by atoms with Crippen LogP contribution in [0.25, 0.3) is 110 Å². The molecule has 0 aliphatic heterocycles. The molecule has 0 atom stereocenters. The Morgan fingerprint density at radius 2 is 0.583 bits per heavy atom. The normalized spacial score (nSPS) is 12.0. The second-order valence-corrected chi connectivity index (χ2v) is 15.7. The van der Waals surface area contributed by atoms with Crippen molar-refractivity contribution in [2.24, 2.45) is 0 Å². The molecule has 5 heteroatoms. The molecular formula is C55H33N5. The van der Waals surface area contributed by atoms with Gasteiger partial charge < -0.3 is 18.3 Å². The van der Waals surface area contributed by atoms with Crippen molar-refractivity contribution in [1.82, 2.24) is 18.3 Å². The molecule has 13 rings (SSSR count). The third kappa shape index (κ3) is 4.45. The molecule has 0 spiro atoms. The van der Waals surface area contributed by atoms with E-state index in [1.54, 1.807) is 0 Å². The highest BCUT2D eigenvalue weighted by Gasteiger charge is 2.22. The van der Waals surface area contributed by atoms with E-state index in [4.69, 9.17) is 0 Å². The summed E-state index contributed by atoms with van der Waals surface area (Å²) < 4.78 is 9.49. The Morgan fingerprint density at radius 1 is 0.267 bits per heavy atom. The molecule has 0 amide bonds. The molecule has 4 heterocycles. The lowest BCUT2D eigenvalue weighted by atomic mass is 10.1. The Hall–Kier alpha value is -8.33. The van der Waals surface area contributed by atoms with Crippen LogP contribution in [0.15, 0.2) is 200 Å². The van der Waals surface area contributed by atoms with Crippen molar-refractivity contribution in [1.29, 1.82) is 5.26 Å². The topological polar surface area (TPSA) is 43.5 Å². The van der Waals surface area contributed by atoms with Gasteiger partial charge in [-0.3, -0.25) is 0 Å². The summed E-state index contributed by atoms with van der Waals surface area (Å²) >= 11 is 0. The minimum atomic E-state index is 0.607. The predicted molar refractivity (Wildman–Crippen MR) is 249 cm³/mol. The van der Waals surface area contributed by atoms with E-state index in [9.17, 15) is 5.26 Å². The number of nitrogens with zero attached hydrogens (tertiary/aromatic N) is 5. The Morgan fingerprint density at radius 3 is 0.967 bits per heavy atom. The van der Waals surface area contributed by atoms with Crippen molar-refractivity contribution in [3.05, 3.63) is 206 Å². The Kier molecular flexibility index (Phi) is 6.73. The fourth-order valence-electron chi connectivity index (χ4n) is 10.1.